The van der Waals surface area contributed by atoms with Gasteiger partial charge in [-0.1, -0.05) is 23.7 Å². The molecule has 0 spiro atoms. The van der Waals surface area contributed by atoms with Crippen molar-refractivity contribution in [3.8, 4) is 0 Å². The molecular formula is C14H22ClN3. The SMILES string of the molecule is CC(CNCc1ccc(Cl)cc1)N1CCNCC1. The van der Waals surface area contributed by atoms with Gasteiger partial charge in [-0.05, 0) is 24.6 Å². The number of rotatable bonds is 5. The smallest absolute Gasteiger partial charge is 0.0406 e. The van der Waals surface area contributed by atoms with Gasteiger partial charge in [0.05, 0.1) is 0 Å². The van der Waals surface area contributed by atoms with Crippen molar-refractivity contribution in [1.29, 1.82) is 0 Å². The molecule has 3 nitrogen and oxygen atoms in total. The summed E-state index contributed by atoms with van der Waals surface area (Å²) in [5.74, 6) is 0. The Bertz CT molecular complexity index is 347. The number of piperazine rings is 1. The van der Waals surface area contributed by atoms with Gasteiger partial charge in [0.15, 0.2) is 0 Å². The second-order valence-corrected chi connectivity index (χ2v) is 5.33. The molecule has 0 amide bonds. The van der Waals surface area contributed by atoms with Crippen LogP contribution in [0.2, 0.25) is 5.02 Å². The largest absolute Gasteiger partial charge is 0.314 e. The van der Waals surface area contributed by atoms with E-state index in [0.29, 0.717) is 6.04 Å². The minimum atomic E-state index is 0.597. The van der Waals surface area contributed by atoms with Crippen molar-refractivity contribution >= 4 is 11.6 Å². The van der Waals surface area contributed by atoms with Crippen molar-refractivity contribution in [3.05, 3.63) is 34.9 Å². The molecule has 1 aromatic carbocycles. The maximum Gasteiger partial charge on any atom is 0.0406 e. The van der Waals surface area contributed by atoms with Gasteiger partial charge in [-0.15, -0.1) is 0 Å². The first-order chi connectivity index (χ1) is 8.75. The molecule has 0 aliphatic carbocycles. The van der Waals surface area contributed by atoms with Crippen molar-refractivity contribution in [3.63, 3.8) is 0 Å². The highest BCUT2D eigenvalue weighted by Gasteiger charge is 2.15. The van der Waals surface area contributed by atoms with E-state index in [0.717, 1.165) is 44.3 Å². The summed E-state index contributed by atoms with van der Waals surface area (Å²) in [5.41, 5.74) is 1.28. The third-order valence-corrected chi connectivity index (χ3v) is 3.71. The van der Waals surface area contributed by atoms with Crippen molar-refractivity contribution < 1.29 is 0 Å². The molecule has 0 bridgehead atoms. The van der Waals surface area contributed by atoms with Crippen LogP contribution in [0.4, 0.5) is 0 Å². The molecule has 1 fully saturated rings. The zero-order valence-electron chi connectivity index (χ0n) is 11.0. The number of benzene rings is 1. The molecule has 2 rings (SSSR count). The van der Waals surface area contributed by atoms with Crippen molar-refractivity contribution in [2.24, 2.45) is 0 Å². The molecule has 0 radical (unpaired) electrons. The Morgan fingerprint density at radius 1 is 1.28 bits per heavy atom. The van der Waals surface area contributed by atoms with Gasteiger partial charge in [0, 0.05) is 50.3 Å². The van der Waals surface area contributed by atoms with E-state index in [1.54, 1.807) is 0 Å². The summed E-state index contributed by atoms with van der Waals surface area (Å²) < 4.78 is 0. The lowest BCUT2D eigenvalue weighted by Gasteiger charge is -2.32. The van der Waals surface area contributed by atoms with E-state index in [9.17, 15) is 0 Å². The molecule has 1 unspecified atom stereocenters. The Morgan fingerprint density at radius 3 is 2.61 bits per heavy atom. The van der Waals surface area contributed by atoms with E-state index in [1.165, 1.54) is 5.56 Å². The van der Waals surface area contributed by atoms with Crippen LogP contribution in [0.25, 0.3) is 0 Å². The Kier molecular flexibility index (Phi) is 5.45. The molecule has 0 aromatic heterocycles. The number of nitrogens with zero attached hydrogens (tertiary/aromatic N) is 1. The van der Waals surface area contributed by atoms with E-state index in [2.05, 4.69) is 34.6 Å². The molecule has 1 atom stereocenters. The Hall–Kier alpha value is -0.610. The van der Waals surface area contributed by atoms with Gasteiger partial charge in [0.25, 0.3) is 0 Å². The number of halogens is 1. The second kappa shape index (κ2) is 7.10. The maximum absolute atomic E-state index is 5.86. The van der Waals surface area contributed by atoms with Gasteiger partial charge in [-0.25, -0.2) is 0 Å². The fourth-order valence-electron chi connectivity index (χ4n) is 2.28. The fourth-order valence-corrected chi connectivity index (χ4v) is 2.41. The van der Waals surface area contributed by atoms with Crippen LogP contribution in [-0.4, -0.2) is 43.7 Å². The Balaban J connectivity index is 1.69. The highest BCUT2D eigenvalue weighted by atomic mass is 35.5. The molecule has 0 saturated carbocycles. The first-order valence-corrected chi connectivity index (χ1v) is 7.03. The van der Waals surface area contributed by atoms with E-state index >= 15 is 0 Å². The van der Waals surface area contributed by atoms with Gasteiger partial charge < -0.3 is 10.6 Å². The van der Waals surface area contributed by atoms with E-state index in [-0.39, 0.29) is 0 Å². The van der Waals surface area contributed by atoms with Crippen LogP contribution in [0, 0.1) is 0 Å². The number of nitrogens with one attached hydrogen (secondary N) is 2. The predicted octanol–water partition coefficient (Wildman–Crippen LogP) is 1.72. The lowest BCUT2D eigenvalue weighted by atomic mass is 10.2. The summed E-state index contributed by atoms with van der Waals surface area (Å²) in [6.07, 6.45) is 0. The second-order valence-electron chi connectivity index (χ2n) is 4.89. The van der Waals surface area contributed by atoms with Crippen molar-refractivity contribution in [2.45, 2.75) is 19.5 Å². The summed E-state index contributed by atoms with van der Waals surface area (Å²) >= 11 is 5.86. The normalized spacial score (nSPS) is 18.8. The molecule has 1 aliphatic heterocycles. The van der Waals surface area contributed by atoms with Crippen LogP contribution in [0.1, 0.15) is 12.5 Å². The van der Waals surface area contributed by atoms with E-state index in [4.69, 9.17) is 11.6 Å². The van der Waals surface area contributed by atoms with Crippen molar-refractivity contribution in [2.75, 3.05) is 32.7 Å². The van der Waals surface area contributed by atoms with Crippen LogP contribution in [0.15, 0.2) is 24.3 Å². The topological polar surface area (TPSA) is 27.3 Å². The average Bonchev–Trinajstić information content (AvgIpc) is 2.42. The van der Waals surface area contributed by atoms with Crippen molar-refractivity contribution in [1.82, 2.24) is 15.5 Å². The summed E-state index contributed by atoms with van der Waals surface area (Å²) in [4.78, 5) is 2.53. The first kappa shape index (κ1) is 13.8. The first-order valence-electron chi connectivity index (χ1n) is 6.65. The molecule has 1 heterocycles. The highest BCUT2D eigenvalue weighted by Crippen LogP contribution is 2.09. The van der Waals surface area contributed by atoms with E-state index < -0.39 is 0 Å². The minimum Gasteiger partial charge on any atom is -0.314 e. The minimum absolute atomic E-state index is 0.597. The lowest BCUT2D eigenvalue weighted by Crippen LogP contribution is -2.50. The summed E-state index contributed by atoms with van der Waals surface area (Å²) in [6.45, 7) is 8.77. The molecule has 1 aliphatic rings. The summed E-state index contributed by atoms with van der Waals surface area (Å²) in [7, 11) is 0. The zero-order valence-corrected chi connectivity index (χ0v) is 11.7. The van der Waals surface area contributed by atoms with E-state index in [1.807, 2.05) is 12.1 Å². The quantitative estimate of drug-likeness (QED) is 0.851. The van der Waals surface area contributed by atoms with Crippen LogP contribution >= 0.6 is 11.6 Å². The van der Waals surface area contributed by atoms with Crippen LogP contribution in [-0.2, 0) is 6.54 Å². The monoisotopic (exact) mass is 267 g/mol. The molecule has 18 heavy (non-hydrogen) atoms. The standard InChI is InChI=1S/C14H22ClN3/c1-12(18-8-6-16-7-9-18)10-17-11-13-2-4-14(15)5-3-13/h2-5,12,16-17H,6-11H2,1H3. The van der Waals surface area contributed by atoms with Gasteiger partial charge in [-0.3, -0.25) is 4.90 Å². The predicted molar refractivity (Wildman–Crippen MR) is 77.1 cm³/mol. The third-order valence-electron chi connectivity index (χ3n) is 3.46. The fraction of sp³-hybridized carbons (Fsp3) is 0.571. The molecular weight excluding hydrogens is 246 g/mol. The van der Waals surface area contributed by atoms with Gasteiger partial charge >= 0.3 is 0 Å². The van der Waals surface area contributed by atoms with Crippen LogP contribution in [0.3, 0.4) is 0 Å². The molecule has 1 saturated heterocycles. The molecule has 4 heteroatoms. The third kappa shape index (κ3) is 4.25. The number of hydrogen-bond acceptors (Lipinski definition) is 3. The maximum atomic E-state index is 5.86. The average molecular weight is 268 g/mol. The molecule has 100 valence electrons. The molecule has 2 N–H and O–H groups in total. The van der Waals surface area contributed by atoms with Gasteiger partial charge in [-0.2, -0.15) is 0 Å². The summed E-state index contributed by atoms with van der Waals surface area (Å²) in [6, 6.07) is 8.63. The lowest BCUT2D eigenvalue weighted by molar-refractivity contribution is 0.181. The zero-order chi connectivity index (χ0) is 12.8. The van der Waals surface area contributed by atoms with Gasteiger partial charge in [0.1, 0.15) is 0 Å². The molecule has 1 aromatic rings. The Morgan fingerprint density at radius 2 is 1.94 bits per heavy atom. The summed E-state index contributed by atoms with van der Waals surface area (Å²) in [5, 5.41) is 7.69. The van der Waals surface area contributed by atoms with Crippen LogP contribution in [0.5, 0.6) is 0 Å². The highest BCUT2D eigenvalue weighted by molar-refractivity contribution is 6.30. The van der Waals surface area contributed by atoms with Gasteiger partial charge in [0.2, 0.25) is 0 Å². The number of hydrogen-bond donors (Lipinski definition) is 2. The van der Waals surface area contributed by atoms with Crippen LogP contribution < -0.4 is 10.6 Å². The Labute approximate surface area is 115 Å².